The minimum atomic E-state index is 0.0284. The molecule has 1 aromatic carbocycles. The highest BCUT2D eigenvalue weighted by atomic mass is 16.5. The molecule has 5 nitrogen and oxygen atoms in total. The fourth-order valence-electron chi connectivity index (χ4n) is 2.40. The molecule has 1 aromatic rings. The highest BCUT2D eigenvalue weighted by Crippen LogP contribution is 2.10. The van der Waals surface area contributed by atoms with Crippen LogP contribution in [0.1, 0.15) is 5.56 Å². The second-order valence-electron chi connectivity index (χ2n) is 5.20. The number of rotatable bonds is 5. The van der Waals surface area contributed by atoms with Gasteiger partial charge in [0.2, 0.25) is 5.91 Å². The van der Waals surface area contributed by atoms with Crippen molar-refractivity contribution >= 4 is 11.6 Å². The number of likely N-dealkylation sites (N-methyl/N-ethyl adjacent to an activating group) is 1. The van der Waals surface area contributed by atoms with Gasteiger partial charge in [-0.25, -0.2) is 0 Å². The third-order valence-electron chi connectivity index (χ3n) is 3.32. The van der Waals surface area contributed by atoms with Crippen molar-refractivity contribution in [2.45, 2.75) is 13.0 Å². The zero-order valence-electron chi connectivity index (χ0n) is 12.2. The van der Waals surface area contributed by atoms with E-state index in [-0.39, 0.29) is 12.0 Å². The van der Waals surface area contributed by atoms with Gasteiger partial charge in [-0.1, -0.05) is 12.1 Å². The van der Waals surface area contributed by atoms with Gasteiger partial charge in [0.05, 0.1) is 19.3 Å². The first kappa shape index (κ1) is 15.0. The number of carbonyl (C=O) groups excluding carboxylic acids is 1. The smallest absolute Gasteiger partial charge is 0.238 e. The lowest BCUT2D eigenvalue weighted by Crippen LogP contribution is -2.48. The Morgan fingerprint density at radius 2 is 2.35 bits per heavy atom. The zero-order chi connectivity index (χ0) is 14.4. The van der Waals surface area contributed by atoms with Crippen LogP contribution in [0.4, 0.5) is 5.69 Å². The maximum atomic E-state index is 12.0. The number of ether oxygens (including phenoxy) is 1. The Morgan fingerprint density at radius 3 is 3.10 bits per heavy atom. The lowest BCUT2D eigenvalue weighted by Gasteiger charge is -2.32. The number of hydrogen-bond acceptors (Lipinski definition) is 4. The fourth-order valence-corrected chi connectivity index (χ4v) is 2.40. The molecule has 1 fully saturated rings. The molecular weight excluding hydrogens is 254 g/mol. The lowest BCUT2D eigenvalue weighted by atomic mass is 10.2. The molecule has 5 heteroatoms. The molecule has 0 aliphatic carbocycles. The Bertz CT molecular complexity index is 448. The van der Waals surface area contributed by atoms with Gasteiger partial charge in [-0.15, -0.1) is 0 Å². The minimum Gasteiger partial charge on any atom is -0.374 e. The molecule has 1 saturated heterocycles. The molecule has 2 N–H and O–H groups in total. The number of aryl methyl sites for hydroxylation is 1. The van der Waals surface area contributed by atoms with E-state index in [1.807, 2.05) is 38.2 Å². The van der Waals surface area contributed by atoms with Crippen LogP contribution in [0.2, 0.25) is 0 Å². The summed E-state index contributed by atoms with van der Waals surface area (Å²) in [5, 5.41) is 6.04. The van der Waals surface area contributed by atoms with Crippen molar-refractivity contribution in [1.82, 2.24) is 10.2 Å². The van der Waals surface area contributed by atoms with E-state index in [0.29, 0.717) is 13.2 Å². The number of amides is 1. The van der Waals surface area contributed by atoms with E-state index in [4.69, 9.17) is 4.74 Å². The van der Waals surface area contributed by atoms with E-state index in [9.17, 15) is 4.79 Å². The number of morpholine rings is 1. The van der Waals surface area contributed by atoms with Gasteiger partial charge < -0.3 is 15.4 Å². The zero-order valence-corrected chi connectivity index (χ0v) is 12.2. The van der Waals surface area contributed by atoms with Gasteiger partial charge in [-0.3, -0.25) is 9.69 Å². The number of nitrogens with zero attached hydrogens (tertiary/aromatic N) is 1. The third-order valence-corrected chi connectivity index (χ3v) is 3.32. The molecule has 1 aliphatic rings. The predicted molar refractivity (Wildman–Crippen MR) is 79.9 cm³/mol. The summed E-state index contributed by atoms with van der Waals surface area (Å²) in [5.41, 5.74) is 2.00. The highest BCUT2D eigenvalue weighted by molar-refractivity contribution is 5.92. The summed E-state index contributed by atoms with van der Waals surface area (Å²) < 4.78 is 5.63. The van der Waals surface area contributed by atoms with Gasteiger partial charge in [0.25, 0.3) is 0 Å². The summed E-state index contributed by atoms with van der Waals surface area (Å²) in [6.45, 7) is 5.53. The summed E-state index contributed by atoms with van der Waals surface area (Å²) >= 11 is 0. The van der Waals surface area contributed by atoms with E-state index in [0.717, 1.165) is 30.9 Å². The Balaban J connectivity index is 1.82. The second-order valence-corrected chi connectivity index (χ2v) is 5.20. The summed E-state index contributed by atoms with van der Waals surface area (Å²) in [7, 11) is 1.91. The molecule has 0 saturated carbocycles. The summed E-state index contributed by atoms with van der Waals surface area (Å²) in [4.78, 5) is 14.2. The average molecular weight is 277 g/mol. The maximum absolute atomic E-state index is 12.0. The quantitative estimate of drug-likeness (QED) is 0.838. The van der Waals surface area contributed by atoms with Crippen molar-refractivity contribution in [3.8, 4) is 0 Å². The standard InChI is InChI=1S/C15H23N3O2/c1-12-4-3-5-13(8-12)17-15(19)11-18-6-7-20-14(10-18)9-16-2/h3-5,8,14,16H,6-7,9-11H2,1-2H3,(H,17,19). The first-order valence-electron chi connectivity index (χ1n) is 7.02. The van der Waals surface area contributed by atoms with Crippen LogP contribution in [0.15, 0.2) is 24.3 Å². The van der Waals surface area contributed by atoms with E-state index in [1.54, 1.807) is 0 Å². The molecule has 0 bridgehead atoms. The Morgan fingerprint density at radius 1 is 1.50 bits per heavy atom. The summed E-state index contributed by atoms with van der Waals surface area (Å²) in [6, 6.07) is 7.84. The van der Waals surface area contributed by atoms with Crippen LogP contribution in [0, 0.1) is 6.92 Å². The highest BCUT2D eigenvalue weighted by Gasteiger charge is 2.21. The Hall–Kier alpha value is -1.43. The fraction of sp³-hybridized carbons (Fsp3) is 0.533. The molecule has 0 spiro atoms. The molecule has 1 aliphatic heterocycles. The van der Waals surface area contributed by atoms with Gasteiger partial charge in [0, 0.05) is 25.3 Å². The largest absolute Gasteiger partial charge is 0.374 e. The third kappa shape index (κ3) is 4.59. The number of hydrogen-bond donors (Lipinski definition) is 2. The average Bonchev–Trinajstić information content (AvgIpc) is 2.39. The van der Waals surface area contributed by atoms with E-state index in [1.165, 1.54) is 0 Å². The van der Waals surface area contributed by atoms with Gasteiger partial charge in [0.15, 0.2) is 0 Å². The molecule has 0 aromatic heterocycles. The molecule has 1 amide bonds. The van der Waals surface area contributed by atoms with Crippen LogP contribution in [-0.4, -0.2) is 56.7 Å². The maximum Gasteiger partial charge on any atom is 0.238 e. The monoisotopic (exact) mass is 277 g/mol. The van der Waals surface area contributed by atoms with Crippen LogP contribution in [0.25, 0.3) is 0 Å². The van der Waals surface area contributed by atoms with Gasteiger partial charge in [0.1, 0.15) is 0 Å². The SMILES string of the molecule is CNCC1CN(CC(=O)Nc2cccc(C)c2)CCO1. The Labute approximate surface area is 120 Å². The first-order chi connectivity index (χ1) is 9.67. The van der Waals surface area contributed by atoms with Crippen LogP contribution in [0.5, 0.6) is 0 Å². The topological polar surface area (TPSA) is 53.6 Å². The first-order valence-corrected chi connectivity index (χ1v) is 7.02. The Kier molecular flexibility index (Phi) is 5.52. The van der Waals surface area contributed by atoms with Gasteiger partial charge in [-0.05, 0) is 31.7 Å². The van der Waals surface area contributed by atoms with Crippen LogP contribution < -0.4 is 10.6 Å². The molecule has 1 atom stereocenters. The van der Waals surface area contributed by atoms with Gasteiger partial charge in [-0.2, -0.15) is 0 Å². The molecule has 1 unspecified atom stereocenters. The van der Waals surface area contributed by atoms with Crippen LogP contribution in [0.3, 0.4) is 0 Å². The molecule has 1 heterocycles. The molecule has 2 rings (SSSR count). The second kappa shape index (κ2) is 7.38. The minimum absolute atomic E-state index is 0.0284. The molecule has 20 heavy (non-hydrogen) atoms. The molecule has 110 valence electrons. The normalized spacial score (nSPS) is 19.8. The van der Waals surface area contributed by atoms with E-state index < -0.39 is 0 Å². The number of anilines is 1. The van der Waals surface area contributed by atoms with Crippen molar-refractivity contribution in [1.29, 1.82) is 0 Å². The van der Waals surface area contributed by atoms with Crippen molar-refractivity contribution in [3.05, 3.63) is 29.8 Å². The number of carbonyl (C=O) groups is 1. The van der Waals surface area contributed by atoms with Crippen LogP contribution in [-0.2, 0) is 9.53 Å². The van der Waals surface area contributed by atoms with Crippen molar-refractivity contribution in [2.24, 2.45) is 0 Å². The molecule has 0 radical (unpaired) electrons. The van der Waals surface area contributed by atoms with Crippen molar-refractivity contribution in [2.75, 3.05) is 45.2 Å². The summed E-state index contributed by atoms with van der Waals surface area (Å²) in [5.74, 6) is 0.0284. The molecular formula is C15H23N3O2. The number of nitrogens with one attached hydrogen (secondary N) is 2. The number of benzene rings is 1. The predicted octanol–water partition coefficient (Wildman–Crippen LogP) is 0.854. The van der Waals surface area contributed by atoms with E-state index >= 15 is 0 Å². The van der Waals surface area contributed by atoms with Crippen molar-refractivity contribution < 1.29 is 9.53 Å². The van der Waals surface area contributed by atoms with Gasteiger partial charge >= 0.3 is 0 Å². The van der Waals surface area contributed by atoms with E-state index in [2.05, 4.69) is 15.5 Å². The van der Waals surface area contributed by atoms with Crippen molar-refractivity contribution in [3.63, 3.8) is 0 Å². The summed E-state index contributed by atoms with van der Waals surface area (Å²) in [6.07, 6.45) is 0.167. The lowest BCUT2D eigenvalue weighted by molar-refractivity contribution is -0.119. The van der Waals surface area contributed by atoms with Crippen LogP contribution >= 0.6 is 0 Å².